The molecule has 2 amide bonds. The van der Waals surface area contributed by atoms with Crippen LogP contribution in [0.1, 0.15) is 114 Å². The van der Waals surface area contributed by atoms with Gasteiger partial charge in [-0.05, 0) is 108 Å². The van der Waals surface area contributed by atoms with Crippen molar-refractivity contribution in [2.24, 2.45) is 17.3 Å². The van der Waals surface area contributed by atoms with Crippen molar-refractivity contribution in [2.45, 2.75) is 104 Å². The Morgan fingerprint density at radius 3 is 2.35 bits per heavy atom. The molecule has 1 saturated carbocycles. The van der Waals surface area contributed by atoms with E-state index >= 15 is 0 Å². The summed E-state index contributed by atoms with van der Waals surface area (Å²) in [6, 6.07) is 15.8. The van der Waals surface area contributed by atoms with E-state index in [4.69, 9.17) is 9.97 Å². The Hall–Kier alpha value is -4.46. The molecule has 2 unspecified atom stereocenters. The van der Waals surface area contributed by atoms with Gasteiger partial charge in [-0.2, -0.15) is 0 Å². The Morgan fingerprint density at radius 2 is 1.59 bits per heavy atom. The number of amides is 2. The zero-order chi connectivity index (χ0) is 35.0. The second-order valence-electron chi connectivity index (χ2n) is 16.9. The molecular formula is C43H50N6O2. The Kier molecular flexibility index (Phi) is 7.86. The van der Waals surface area contributed by atoms with Crippen LogP contribution in [0, 0.1) is 17.3 Å². The lowest BCUT2D eigenvalue weighted by Crippen LogP contribution is -2.32. The number of nitrogens with zero attached hydrogens (tertiary/aromatic N) is 4. The van der Waals surface area contributed by atoms with E-state index in [2.05, 4.69) is 85.0 Å². The Morgan fingerprint density at radius 1 is 0.843 bits per heavy atom. The summed E-state index contributed by atoms with van der Waals surface area (Å²) in [7, 11) is 0. The number of rotatable bonds is 8. The molecule has 4 aliphatic rings. The first kappa shape index (κ1) is 32.4. The first-order valence-corrected chi connectivity index (χ1v) is 19.4. The quantitative estimate of drug-likeness (QED) is 0.171. The van der Waals surface area contributed by atoms with Crippen LogP contribution in [-0.2, 0) is 22.4 Å². The summed E-state index contributed by atoms with van der Waals surface area (Å²) >= 11 is 0. The highest BCUT2D eigenvalue weighted by Gasteiger charge is 2.54. The predicted octanol–water partition coefficient (Wildman–Crippen LogP) is 9.07. The average Bonchev–Trinajstić information content (AvgIpc) is 3.75. The number of likely N-dealkylation sites (tertiary alicyclic amines) is 2. The second-order valence-corrected chi connectivity index (χ2v) is 16.9. The lowest BCUT2D eigenvalue weighted by molar-refractivity contribution is -0.134. The van der Waals surface area contributed by atoms with E-state index < -0.39 is 0 Å². The van der Waals surface area contributed by atoms with Gasteiger partial charge in [0, 0.05) is 36.9 Å². The highest BCUT2D eigenvalue weighted by Crippen LogP contribution is 2.58. The fourth-order valence-corrected chi connectivity index (χ4v) is 9.40. The number of fused-ring (bicyclic) bond motifs is 4. The van der Waals surface area contributed by atoms with Crippen LogP contribution in [0.3, 0.4) is 0 Å². The number of aromatic amines is 2. The maximum atomic E-state index is 13.3. The van der Waals surface area contributed by atoms with E-state index in [9.17, 15) is 9.59 Å². The highest BCUT2D eigenvalue weighted by atomic mass is 16.2. The number of aromatic nitrogens is 4. The topological polar surface area (TPSA) is 98.0 Å². The van der Waals surface area contributed by atoms with Gasteiger partial charge in [0.05, 0.1) is 35.0 Å². The Bertz CT molecular complexity index is 2170. The number of H-pyrrole nitrogens is 2. The zero-order valence-corrected chi connectivity index (χ0v) is 30.5. The van der Waals surface area contributed by atoms with E-state index in [0.29, 0.717) is 30.1 Å². The minimum atomic E-state index is 0.0179. The van der Waals surface area contributed by atoms with Crippen molar-refractivity contribution in [1.29, 1.82) is 0 Å². The lowest BCUT2D eigenvalue weighted by Gasteiger charge is -2.24. The molecule has 2 aromatic heterocycles. The monoisotopic (exact) mass is 682 g/mol. The van der Waals surface area contributed by atoms with Crippen LogP contribution < -0.4 is 0 Å². The van der Waals surface area contributed by atoms with E-state index in [0.717, 1.165) is 85.4 Å². The van der Waals surface area contributed by atoms with Crippen molar-refractivity contribution >= 4 is 33.6 Å². The molecule has 4 heterocycles. The Labute approximate surface area is 300 Å². The smallest absolute Gasteiger partial charge is 0.223 e. The fraction of sp³-hybridized carbons (Fsp3) is 0.488. The van der Waals surface area contributed by atoms with Crippen LogP contribution in [0.5, 0.6) is 0 Å². The van der Waals surface area contributed by atoms with Crippen LogP contribution in [0.15, 0.2) is 48.7 Å². The Balaban J connectivity index is 1.00. The number of carbonyl (C=O) groups is 2. The molecule has 2 N–H and O–H groups in total. The van der Waals surface area contributed by atoms with Crippen LogP contribution in [0.25, 0.3) is 44.2 Å². The molecule has 0 bridgehead atoms. The van der Waals surface area contributed by atoms with Crippen molar-refractivity contribution in [3.63, 3.8) is 0 Å². The van der Waals surface area contributed by atoms with Gasteiger partial charge in [-0.15, -0.1) is 0 Å². The molecule has 8 nitrogen and oxygen atoms in total. The van der Waals surface area contributed by atoms with Gasteiger partial charge in [0.15, 0.2) is 0 Å². The fourth-order valence-electron chi connectivity index (χ4n) is 9.40. The van der Waals surface area contributed by atoms with Gasteiger partial charge in [0.25, 0.3) is 0 Å². The molecule has 1 spiro atoms. The van der Waals surface area contributed by atoms with Crippen LogP contribution in [0.4, 0.5) is 0 Å². The molecular weight excluding hydrogens is 633 g/mol. The van der Waals surface area contributed by atoms with Crippen LogP contribution in [-0.4, -0.2) is 54.6 Å². The molecule has 2 saturated heterocycles. The van der Waals surface area contributed by atoms with E-state index in [-0.39, 0.29) is 23.9 Å². The zero-order valence-electron chi connectivity index (χ0n) is 30.5. The first-order chi connectivity index (χ1) is 24.7. The summed E-state index contributed by atoms with van der Waals surface area (Å²) in [4.78, 5) is 47.8. The van der Waals surface area contributed by atoms with Gasteiger partial charge in [0.1, 0.15) is 11.6 Å². The summed E-state index contributed by atoms with van der Waals surface area (Å²) in [6.45, 7) is 10.1. The summed E-state index contributed by atoms with van der Waals surface area (Å²) in [5, 5.41) is 2.31. The number of benzene rings is 3. The number of hydrogen-bond acceptors (Lipinski definition) is 4. The molecule has 9 rings (SSSR count). The third kappa shape index (κ3) is 5.75. The van der Waals surface area contributed by atoms with Crippen molar-refractivity contribution in [1.82, 2.24) is 29.7 Å². The van der Waals surface area contributed by atoms with Gasteiger partial charge in [-0.1, -0.05) is 58.0 Å². The van der Waals surface area contributed by atoms with Crippen molar-refractivity contribution < 1.29 is 9.59 Å². The SMILES string of the molecule is CC(C)CC(=O)N1CC2(CC2)CC1c1ncc(-c2ccc(-c3ccc4c(ccc5[nH]c(C6CCCN6C(=O)CC(C)C)nc54)c3)c3c2CCC3)[nH]1. The second kappa shape index (κ2) is 12.3. The molecule has 3 aromatic carbocycles. The van der Waals surface area contributed by atoms with Gasteiger partial charge in [-0.25, -0.2) is 9.97 Å². The molecule has 2 atom stereocenters. The predicted molar refractivity (Wildman–Crippen MR) is 202 cm³/mol. The summed E-state index contributed by atoms with van der Waals surface area (Å²) in [5.41, 5.74) is 10.00. The standard InChI is InChI=1S/C43H50N6O2/c1-25(2)19-38(50)48-18-6-9-36(48)42-45-34-15-11-28-21-27(10-12-30(28)40(34)47-42)29-13-14-33(32-8-5-7-31(29)32)35-23-44-41(46-35)37-22-43(16-17-43)24-49(37)39(51)20-26(3)4/h10-15,21,23,25-26,36-37H,5-9,16-20,22,24H2,1-4H3,(H,44,46)(H,45,47). The van der Waals surface area contributed by atoms with Gasteiger partial charge in [0.2, 0.25) is 11.8 Å². The van der Waals surface area contributed by atoms with Gasteiger partial charge < -0.3 is 19.8 Å². The maximum Gasteiger partial charge on any atom is 0.223 e. The number of nitrogens with one attached hydrogen (secondary N) is 2. The van der Waals surface area contributed by atoms with E-state index in [1.54, 1.807) is 0 Å². The van der Waals surface area contributed by atoms with Crippen molar-refractivity contribution in [2.75, 3.05) is 13.1 Å². The summed E-state index contributed by atoms with van der Waals surface area (Å²) < 4.78 is 0. The van der Waals surface area contributed by atoms with Crippen molar-refractivity contribution in [3.8, 4) is 22.4 Å². The molecule has 2 aliphatic carbocycles. The van der Waals surface area contributed by atoms with Crippen LogP contribution >= 0.6 is 0 Å². The molecule has 264 valence electrons. The third-order valence-corrected chi connectivity index (χ3v) is 12.1. The van der Waals surface area contributed by atoms with Gasteiger partial charge in [-0.3, -0.25) is 9.59 Å². The normalized spacial score (nSPS) is 20.9. The first-order valence-electron chi connectivity index (χ1n) is 19.4. The van der Waals surface area contributed by atoms with Crippen LogP contribution in [0.2, 0.25) is 0 Å². The highest BCUT2D eigenvalue weighted by molar-refractivity contribution is 6.05. The molecule has 0 radical (unpaired) electrons. The number of hydrogen-bond donors (Lipinski definition) is 2. The van der Waals surface area contributed by atoms with E-state index in [1.165, 1.54) is 46.0 Å². The molecule has 51 heavy (non-hydrogen) atoms. The molecule has 2 aliphatic heterocycles. The summed E-state index contributed by atoms with van der Waals surface area (Å²) in [6.07, 6.45) is 11.9. The minimum Gasteiger partial charge on any atom is -0.340 e. The third-order valence-electron chi connectivity index (χ3n) is 12.1. The maximum absolute atomic E-state index is 13.3. The molecule has 5 aromatic rings. The van der Waals surface area contributed by atoms with E-state index in [1.807, 2.05) is 11.1 Å². The van der Waals surface area contributed by atoms with Gasteiger partial charge >= 0.3 is 0 Å². The number of imidazole rings is 2. The summed E-state index contributed by atoms with van der Waals surface area (Å²) in [5.74, 6) is 3.03. The lowest BCUT2D eigenvalue weighted by atomic mass is 9.91. The molecule has 3 fully saturated rings. The molecule has 8 heteroatoms. The number of carbonyl (C=O) groups excluding carboxylic acids is 2. The average molecular weight is 683 g/mol. The largest absolute Gasteiger partial charge is 0.340 e. The minimum absolute atomic E-state index is 0.0179. The van der Waals surface area contributed by atoms with Crippen molar-refractivity contribution in [3.05, 3.63) is 71.4 Å².